The Hall–Kier alpha value is -2.86. The van der Waals surface area contributed by atoms with Gasteiger partial charge in [0.15, 0.2) is 5.65 Å². The Balaban J connectivity index is 1.48. The Morgan fingerprint density at radius 2 is 1.68 bits per heavy atom. The van der Waals surface area contributed by atoms with Gasteiger partial charge in [0.05, 0.1) is 23.9 Å². The van der Waals surface area contributed by atoms with Crippen molar-refractivity contribution in [2.24, 2.45) is 0 Å². The Bertz CT molecular complexity index is 957. The highest BCUT2D eigenvalue weighted by Crippen LogP contribution is 2.25. The van der Waals surface area contributed by atoms with Crippen LogP contribution in [0.5, 0.6) is 5.75 Å². The summed E-state index contributed by atoms with van der Waals surface area (Å²) in [6.07, 6.45) is 3.41. The second kappa shape index (κ2) is 7.36. The Kier molecular flexibility index (Phi) is 4.61. The van der Waals surface area contributed by atoms with Crippen LogP contribution < -0.4 is 4.74 Å². The molecular weight excluding hydrogens is 332 g/mol. The first kappa shape index (κ1) is 15.7. The van der Waals surface area contributed by atoms with Gasteiger partial charge in [-0.3, -0.25) is 0 Å². The summed E-state index contributed by atoms with van der Waals surface area (Å²) < 4.78 is 7.56. The van der Waals surface area contributed by atoms with Crippen molar-refractivity contribution in [2.45, 2.75) is 5.03 Å². The summed E-state index contributed by atoms with van der Waals surface area (Å²) in [6, 6.07) is 19.8. The van der Waals surface area contributed by atoms with Crippen LogP contribution in [0.25, 0.3) is 16.7 Å². The molecule has 5 nitrogen and oxygen atoms in total. The zero-order valence-electron chi connectivity index (χ0n) is 13.4. The van der Waals surface area contributed by atoms with Crippen LogP contribution in [0.2, 0.25) is 0 Å². The van der Waals surface area contributed by atoms with Crippen molar-refractivity contribution < 1.29 is 4.74 Å². The fraction of sp³-hybridized carbons (Fsp3) is 0.105. The number of benzene rings is 2. The molecule has 2 aromatic heterocycles. The molecule has 25 heavy (non-hydrogen) atoms. The average molecular weight is 348 g/mol. The molecule has 0 saturated heterocycles. The van der Waals surface area contributed by atoms with E-state index >= 15 is 0 Å². The van der Waals surface area contributed by atoms with E-state index in [0.717, 1.165) is 33.2 Å². The largest absolute Gasteiger partial charge is 0.493 e. The Labute approximate surface area is 149 Å². The van der Waals surface area contributed by atoms with Crippen LogP contribution in [0.1, 0.15) is 0 Å². The van der Waals surface area contributed by atoms with Gasteiger partial charge < -0.3 is 4.74 Å². The van der Waals surface area contributed by atoms with Gasteiger partial charge in [0.1, 0.15) is 17.1 Å². The van der Waals surface area contributed by atoms with E-state index in [9.17, 15) is 0 Å². The number of aromatic nitrogens is 4. The molecule has 0 amide bonds. The van der Waals surface area contributed by atoms with Crippen molar-refractivity contribution in [1.82, 2.24) is 19.7 Å². The predicted molar refractivity (Wildman–Crippen MR) is 99.3 cm³/mol. The molecule has 0 aliphatic carbocycles. The number of hydrogen-bond acceptors (Lipinski definition) is 5. The second-order valence-corrected chi connectivity index (χ2v) is 6.40. The van der Waals surface area contributed by atoms with Crippen LogP contribution in [0.3, 0.4) is 0 Å². The summed E-state index contributed by atoms with van der Waals surface area (Å²) in [7, 11) is 0. The lowest BCUT2D eigenvalue weighted by Gasteiger charge is -2.06. The standard InChI is InChI=1S/C19H16N4OS/c1-3-7-15(8-4-1)23-18-17(13-22-23)19(21-14-20-18)25-12-11-24-16-9-5-2-6-10-16/h1-10,13-14H,11-12H2. The zero-order chi connectivity index (χ0) is 16.9. The maximum Gasteiger partial charge on any atom is 0.167 e. The lowest BCUT2D eigenvalue weighted by molar-refractivity contribution is 0.344. The second-order valence-electron chi connectivity index (χ2n) is 5.32. The normalized spacial score (nSPS) is 10.9. The predicted octanol–water partition coefficient (Wildman–Crippen LogP) is 3.99. The van der Waals surface area contributed by atoms with E-state index in [0.29, 0.717) is 6.61 Å². The van der Waals surface area contributed by atoms with E-state index in [1.165, 1.54) is 0 Å². The molecule has 0 atom stereocenters. The van der Waals surface area contributed by atoms with Gasteiger partial charge in [0.2, 0.25) is 0 Å². The number of thioether (sulfide) groups is 1. The molecule has 0 spiro atoms. The minimum absolute atomic E-state index is 0.618. The third-order valence-electron chi connectivity index (χ3n) is 3.66. The van der Waals surface area contributed by atoms with Crippen LogP contribution in [0, 0.1) is 0 Å². The first-order chi connectivity index (χ1) is 12.4. The van der Waals surface area contributed by atoms with Gasteiger partial charge >= 0.3 is 0 Å². The van der Waals surface area contributed by atoms with Gasteiger partial charge in [-0.15, -0.1) is 11.8 Å². The van der Waals surface area contributed by atoms with Crippen LogP contribution in [-0.4, -0.2) is 32.1 Å². The number of nitrogens with zero attached hydrogens (tertiary/aromatic N) is 4. The highest BCUT2D eigenvalue weighted by Gasteiger charge is 2.11. The van der Waals surface area contributed by atoms with E-state index in [1.807, 2.05) is 71.5 Å². The molecule has 4 rings (SSSR count). The SMILES string of the molecule is c1ccc(OCCSc2ncnc3c2cnn3-c2ccccc2)cc1. The van der Waals surface area contributed by atoms with Crippen molar-refractivity contribution in [1.29, 1.82) is 0 Å². The number of hydrogen-bond donors (Lipinski definition) is 0. The van der Waals surface area contributed by atoms with Crippen LogP contribution >= 0.6 is 11.8 Å². The van der Waals surface area contributed by atoms with Gasteiger partial charge in [-0.05, 0) is 24.3 Å². The van der Waals surface area contributed by atoms with Crippen molar-refractivity contribution in [3.63, 3.8) is 0 Å². The summed E-state index contributed by atoms with van der Waals surface area (Å²) in [5, 5.41) is 6.35. The van der Waals surface area contributed by atoms with Gasteiger partial charge in [0, 0.05) is 5.75 Å². The van der Waals surface area contributed by atoms with Gasteiger partial charge in [0.25, 0.3) is 0 Å². The van der Waals surface area contributed by atoms with Crippen LogP contribution in [-0.2, 0) is 0 Å². The minimum Gasteiger partial charge on any atom is -0.493 e. The molecule has 0 aliphatic rings. The highest BCUT2D eigenvalue weighted by atomic mass is 32.2. The zero-order valence-corrected chi connectivity index (χ0v) is 14.3. The van der Waals surface area contributed by atoms with Crippen molar-refractivity contribution in [3.8, 4) is 11.4 Å². The molecule has 6 heteroatoms. The lowest BCUT2D eigenvalue weighted by atomic mass is 10.3. The number of ether oxygens (including phenoxy) is 1. The third-order valence-corrected chi connectivity index (χ3v) is 4.63. The molecule has 0 unspecified atom stereocenters. The molecule has 0 saturated carbocycles. The van der Waals surface area contributed by atoms with E-state index in [4.69, 9.17) is 4.74 Å². The summed E-state index contributed by atoms with van der Waals surface area (Å²) in [5.74, 6) is 1.69. The average Bonchev–Trinajstić information content (AvgIpc) is 3.12. The van der Waals surface area contributed by atoms with Crippen LogP contribution in [0.4, 0.5) is 0 Å². The van der Waals surface area contributed by atoms with E-state index in [-0.39, 0.29) is 0 Å². The quantitative estimate of drug-likeness (QED) is 0.300. The fourth-order valence-corrected chi connectivity index (χ4v) is 3.29. The molecule has 0 bridgehead atoms. The Morgan fingerprint density at radius 1 is 0.920 bits per heavy atom. The van der Waals surface area contributed by atoms with E-state index in [2.05, 4.69) is 15.1 Å². The molecule has 2 aromatic carbocycles. The molecule has 0 fully saturated rings. The van der Waals surface area contributed by atoms with E-state index in [1.54, 1.807) is 18.1 Å². The van der Waals surface area contributed by atoms with Crippen molar-refractivity contribution in [3.05, 3.63) is 73.2 Å². The number of rotatable bonds is 6. The summed E-state index contributed by atoms with van der Waals surface area (Å²) in [6.45, 7) is 0.618. The smallest absolute Gasteiger partial charge is 0.167 e. The number of para-hydroxylation sites is 2. The monoisotopic (exact) mass is 348 g/mol. The summed E-state index contributed by atoms with van der Waals surface area (Å²) in [4.78, 5) is 8.80. The van der Waals surface area contributed by atoms with E-state index < -0.39 is 0 Å². The van der Waals surface area contributed by atoms with Crippen molar-refractivity contribution >= 4 is 22.8 Å². The summed E-state index contributed by atoms with van der Waals surface area (Å²) >= 11 is 1.65. The molecule has 0 N–H and O–H groups in total. The first-order valence-electron chi connectivity index (χ1n) is 7.96. The van der Waals surface area contributed by atoms with Gasteiger partial charge in [-0.1, -0.05) is 36.4 Å². The topological polar surface area (TPSA) is 52.8 Å². The third kappa shape index (κ3) is 3.49. The van der Waals surface area contributed by atoms with Crippen molar-refractivity contribution in [2.75, 3.05) is 12.4 Å². The highest BCUT2D eigenvalue weighted by molar-refractivity contribution is 7.99. The number of fused-ring (bicyclic) bond motifs is 1. The Morgan fingerprint density at radius 3 is 2.48 bits per heavy atom. The molecule has 0 radical (unpaired) electrons. The lowest BCUT2D eigenvalue weighted by Crippen LogP contribution is -2.01. The summed E-state index contributed by atoms with van der Waals surface area (Å²) in [5.41, 5.74) is 1.80. The first-order valence-corrected chi connectivity index (χ1v) is 8.95. The molecular formula is C19H16N4OS. The van der Waals surface area contributed by atoms with Crippen LogP contribution in [0.15, 0.2) is 78.2 Å². The maximum absolute atomic E-state index is 5.73. The fourth-order valence-electron chi connectivity index (χ4n) is 2.51. The molecule has 2 heterocycles. The van der Waals surface area contributed by atoms with Gasteiger partial charge in [-0.2, -0.15) is 5.10 Å². The maximum atomic E-state index is 5.73. The van der Waals surface area contributed by atoms with Gasteiger partial charge in [-0.25, -0.2) is 14.6 Å². The molecule has 124 valence electrons. The molecule has 0 aliphatic heterocycles. The minimum atomic E-state index is 0.618. The molecule has 4 aromatic rings.